The van der Waals surface area contributed by atoms with Crippen molar-refractivity contribution in [2.75, 3.05) is 0 Å². The Labute approximate surface area is 32.7 Å². The molecule has 32 valence electrons. The lowest BCUT2D eigenvalue weighted by atomic mass is 13.9. The predicted molar refractivity (Wildman–Crippen MR) is 25.7 cm³/mol. The molecule has 5 heavy (non-hydrogen) atoms. The van der Waals surface area contributed by atoms with E-state index < -0.39 is 7.13 Å². The third-order valence-corrected chi connectivity index (χ3v) is 0. The van der Waals surface area contributed by atoms with Crippen LogP contribution in [0, 0.1) is 0 Å². The van der Waals surface area contributed by atoms with E-state index in [9.17, 15) is 4.57 Å². The highest BCUT2D eigenvalue weighted by molar-refractivity contribution is 8.14. The smallest absolute Gasteiger partial charge is 0.219 e. The summed E-state index contributed by atoms with van der Waals surface area (Å²) in [5.41, 5.74) is 9.30. The molecule has 4 N–H and O–H groups in total. The molecule has 0 aliphatic carbocycles. The molecule has 0 fully saturated rings. The second kappa shape index (κ2) is 1.36. The summed E-state index contributed by atoms with van der Waals surface area (Å²) in [6, 6.07) is 0. The van der Waals surface area contributed by atoms with E-state index in [0.29, 0.717) is 0 Å². The molecule has 0 aromatic rings. The van der Waals surface area contributed by atoms with Gasteiger partial charge in [0.25, 0.3) is 0 Å². The zero-order valence-electron chi connectivity index (χ0n) is 2.59. The Hall–Kier alpha value is 0.580. The molecule has 0 spiro atoms. The molecule has 0 amide bonds. The number of nitrogens with two attached hydrogens (primary N) is 2. The molecule has 0 heterocycles. The van der Waals surface area contributed by atoms with Gasteiger partial charge in [-0.25, -0.2) is 0 Å². The quantitative estimate of drug-likeness (QED) is 0.429. The number of hydrogen-bond acceptors (Lipinski definition) is 1. The zero-order chi connectivity index (χ0) is 4.50. The first-order chi connectivity index (χ1) is 2.00. The molecule has 0 saturated carbocycles. The van der Waals surface area contributed by atoms with Gasteiger partial charge in [-0.15, -0.1) is 0 Å². The standard InChI is InChI=1S/H6N2OP2/c1-5(2,3)4/h4H2,(H4,1,2,3). The maximum Gasteiger partial charge on any atom is 0.219 e. The average molecular weight is 112 g/mol. The van der Waals surface area contributed by atoms with Crippen molar-refractivity contribution in [3.8, 4) is 0 Å². The fourth-order valence-corrected chi connectivity index (χ4v) is 0. The Morgan fingerprint density at radius 3 is 1.60 bits per heavy atom. The zero-order valence-corrected chi connectivity index (χ0v) is 4.64. The molecule has 1 atom stereocenters. The first kappa shape index (κ1) is 5.58. The topological polar surface area (TPSA) is 69.1 Å². The fourth-order valence-electron chi connectivity index (χ4n) is 0. The van der Waals surface area contributed by atoms with Gasteiger partial charge in [-0.05, 0) is 8.93 Å². The fraction of sp³-hybridized carbons (Fsp3) is 0. The van der Waals surface area contributed by atoms with Crippen LogP contribution >= 0.6 is 16.1 Å². The van der Waals surface area contributed by atoms with Gasteiger partial charge < -0.3 is 0 Å². The SMILES string of the molecule is NP(N)(=O)P. The summed E-state index contributed by atoms with van der Waals surface area (Å²) < 4.78 is 9.73. The van der Waals surface area contributed by atoms with E-state index in [-0.39, 0.29) is 0 Å². The highest BCUT2D eigenvalue weighted by Gasteiger charge is 1.89. The molecule has 0 aromatic carbocycles. The summed E-state index contributed by atoms with van der Waals surface area (Å²) in [6.45, 7) is 0. The summed E-state index contributed by atoms with van der Waals surface area (Å²) >= 11 is 0. The van der Waals surface area contributed by atoms with E-state index in [4.69, 9.17) is 0 Å². The van der Waals surface area contributed by atoms with Crippen molar-refractivity contribution < 1.29 is 4.57 Å². The third kappa shape index (κ3) is 90.6. The van der Waals surface area contributed by atoms with Crippen molar-refractivity contribution in [1.82, 2.24) is 0 Å². The molecule has 0 radical (unpaired) electrons. The molecular weight excluding hydrogens is 106 g/mol. The van der Waals surface area contributed by atoms with E-state index in [1.807, 2.05) is 8.93 Å². The summed E-state index contributed by atoms with van der Waals surface area (Å²) in [4.78, 5) is 0. The van der Waals surface area contributed by atoms with Crippen molar-refractivity contribution in [2.45, 2.75) is 0 Å². The van der Waals surface area contributed by atoms with Gasteiger partial charge in [0.05, 0.1) is 0 Å². The van der Waals surface area contributed by atoms with E-state index in [0.717, 1.165) is 0 Å². The van der Waals surface area contributed by atoms with Crippen LogP contribution in [0.3, 0.4) is 0 Å². The van der Waals surface area contributed by atoms with E-state index in [1.54, 1.807) is 0 Å². The van der Waals surface area contributed by atoms with Gasteiger partial charge in [0.2, 0.25) is 7.13 Å². The normalized spacial score (nSPS) is 11.8. The molecule has 0 aliphatic heterocycles. The second-order valence-corrected chi connectivity index (χ2v) is 4.71. The minimum Gasteiger partial charge on any atom is -0.286 e. The van der Waals surface area contributed by atoms with Crippen molar-refractivity contribution in [3.05, 3.63) is 0 Å². The first-order valence-electron chi connectivity index (χ1n) is 0.957. The van der Waals surface area contributed by atoms with E-state index in [2.05, 4.69) is 11.0 Å². The molecule has 0 rings (SSSR count). The summed E-state index contributed by atoms with van der Waals surface area (Å²) in [7, 11) is -0.896. The highest BCUT2D eigenvalue weighted by Crippen LogP contribution is 2.34. The van der Waals surface area contributed by atoms with Crippen LogP contribution in [0.5, 0.6) is 0 Å². The van der Waals surface area contributed by atoms with Crippen LogP contribution in [0.25, 0.3) is 0 Å². The van der Waals surface area contributed by atoms with Crippen LogP contribution in [0.15, 0.2) is 0 Å². The van der Waals surface area contributed by atoms with Gasteiger partial charge in [0.15, 0.2) is 0 Å². The van der Waals surface area contributed by atoms with Gasteiger partial charge in [-0.2, -0.15) is 0 Å². The maximum absolute atomic E-state index is 9.73. The van der Waals surface area contributed by atoms with Gasteiger partial charge in [-0.1, -0.05) is 0 Å². The van der Waals surface area contributed by atoms with Crippen molar-refractivity contribution in [3.63, 3.8) is 0 Å². The molecule has 0 aromatic heterocycles. The summed E-state index contributed by atoms with van der Waals surface area (Å²) in [5.74, 6) is 0. The highest BCUT2D eigenvalue weighted by atomic mass is 32.0. The van der Waals surface area contributed by atoms with Gasteiger partial charge in [0, 0.05) is 0 Å². The van der Waals surface area contributed by atoms with Gasteiger partial charge in [-0.3, -0.25) is 15.6 Å². The monoisotopic (exact) mass is 112 g/mol. The minimum atomic E-state index is -2.72. The number of hydrogen-bond donors (Lipinski definition) is 2. The van der Waals surface area contributed by atoms with Crippen LogP contribution in [-0.2, 0) is 4.57 Å². The van der Waals surface area contributed by atoms with Crippen molar-refractivity contribution >= 4 is 16.1 Å². The van der Waals surface area contributed by atoms with Crippen LogP contribution in [0.2, 0.25) is 0 Å². The van der Waals surface area contributed by atoms with E-state index >= 15 is 0 Å². The third-order valence-electron chi connectivity index (χ3n) is 0. The molecule has 0 saturated heterocycles. The molecule has 3 nitrogen and oxygen atoms in total. The van der Waals surface area contributed by atoms with E-state index in [1.165, 1.54) is 0 Å². The maximum atomic E-state index is 9.73. The Balaban J connectivity index is 3.47. The Morgan fingerprint density at radius 2 is 1.60 bits per heavy atom. The predicted octanol–water partition coefficient (Wildman–Crippen LogP) is -0.113. The lowest BCUT2D eigenvalue weighted by Gasteiger charge is -1.88. The largest absolute Gasteiger partial charge is 0.286 e. The van der Waals surface area contributed by atoms with Crippen LogP contribution in [0.4, 0.5) is 0 Å². The van der Waals surface area contributed by atoms with Crippen LogP contribution in [0.1, 0.15) is 0 Å². The Bertz CT molecular complexity index is 53.8. The van der Waals surface area contributed by atoms with Crippen LogP contribution < -0.4 is 11.0 Å². The van der Waals surface area contributed by atoms with Gasteiger partial charge in [0.1, 0.15) is 0 Å². The molecule has 0 bridgehead atoms. The molecule has 1 unspecified atom stereocenters. The first-order valence-corrected chi connectivity index (χ1v) is 4.42. The van der Waals surface area contributed by atoms with Crippen molar-refractivity contribution in [2.24, 2.45) is 11.0 Å². The lowest BCUT2D eigenvalue weighted by Crippen LogP contribution is -1.94. The Kier molecular flexibility index (Phi) is 1.51. The number of rotatable bonds is 0. The summed E-state index contributed by atoms with van der Waals surface area (Å²) in [6.07, 6.45) is 0. The van der Waals surface area contributed by atoms with Crippen molar-refractivity contribution in [1.29, 1.82) is 0 Å². The average Bonchev–Trinajstić information content (AvgIpc) is 0.722. The molecular formula is H6N2OP2. The van der Waals surface area contributed by atoms with Gasteiger partial charge >= 0.3 is 0 Å². The molecule has 5 heteroatoms. The summed E-state index contributed by atoms with van der Waals surface area (Å²) in [5, 5.41) is 0. The minimum absolute atomic E-state index is 1.83. The van der Waals surface area contributed by atoms with Crippen LogP contribution in [-0.4, -0.2) is 0 Å². The lowest BCUT2D eigenvalue weighted by molar-refractivity contribution is 0.587. The Morgan fingerprint density at radius 1 is 1.60 bits per heavy atom. The molecule has 0 aliphatic rings. The second-order valence-electron chi connectivity index (χ2n) is 0.763.